The van der Waals surface area contributed by atoms with E-state index in [2.05, 4.69) is 50.3 Å². The number of aliphatic hydroxyl groups excluding tert-OH is 1. The summed E-state index contributed by atoms with van der Waals surface area (Å²) < 4.78 is 10.7. The van der Waals surface area contributed by atoms with Crippen LogP contribution in [0.1, 0.15) is 322 Å². The van der Waals surface area contributed by atoms with Crippen LogP contribution in [0.3, 0.4) is 0 Å². The number of carbonyl (C=O) groups is 2. The number of allylic oxidation sites excluding steroid dienone is 6. The molecule has 0 fully saturated rings. The molecule has 0 aromatic heterocycles. The molecule has 0 saturated heterocycles. The van der Waals surface area contributed by atoms with Gasteiger partial charge < -0.3 is 14.6 Å². The molecule has 5 heteroatoms. The number of esters is 2. The van der Waals surface area contributed by atoms with Gasteiger partial charge in [-0.15, -0.1) is 0 Å². The van der Waals surface area contributed by atoms with Crippen LogP contribution in [-0.4, -0.2) is 36.4 Å². The monoisotopic (exact) mass is 927 g/mol. The fourth-order valence-corrected chi connectivity index (χ4v) is 8.94. The van der Waals surface area contributed by atoms with E-state index < -0.39 is 6.10 Å². The highest BCUT2D eigenvalue weighted by atomic mass is 16.6. The zero-order valence-electron chi connectivity index (χ0n) is 44.5. The van der Waals surface area contributed by atoms with Crippen molar-refractivity contribution in [2.75, 3.05) is 13.2 Å². The molecule has 0 amide bonds. The molecule has 5 nitrogen and oxygen atoms in total. The molecular formula is C61H114O5. The Balaban J connectivity index is 3.35. The van der Waals surface area contributed by atoms with E-state index in [1.807, 2.05) is 0 Å². The highest BCUT2D eigenvalue weighted by Crippen LogP contribution is 2.17. The number of hydrogen-bond acceptors (Lipinski definition) is 5. The number of ether oxygens (including phenoxy) is 2. The first kappa shape index (κ1) is 64.1. The van der Waals surface area contributed by atoms with Crippen LogP contribution < -0.4 is 0 Å². The third kappa shape index (κ3) is 54.7. The summed E-state index contributed by atoms with van der Waals surface area (Å²) in [6.45, 7) is 4.14. The van der Waals surface area contributed by atoms with Crippen LogP contribution in [0.4, 0.5) is 0 Å². The molecule has 0 aliphatic rings. The molecule has 66 heavy (non-hydrogen) atoms. The molecule has 0 aliphatic carbocycles. The maximum atomic E-state index is 12.3. The zero-order valence-corrected chi connectivity index (χ0v) is 44.5. The Morgan fingerprint density at radius 2 is 0.606 bits per heavy atom. The molecule has 1 unspecified atom stereocenters. The molecule has 0 saturated carbocycles. The molecule has 1 atom stereocenters. The summed E-state index contributed by atoms with van der Waals surface area (Å²) in [6, 6.07) is 0. The number of hydrogen-bond donors (Lipinski definition) is 1. The van der Waals surface area contributed by atoms with Crippen molar-refractivity contribution in [1.29, 1.82) is 0 Å². The third-order valence-electron chi connectivity index (χ3n) is 13.4. The topological polar surface area (TPSA) is 72.8 Å². The Bertz CT molecular complexity index is 1050. The smallest absolute Gasteiger partial charge is 0.306 e. The van der Waals surface area contributed by atoms with E-state index in [0.29, 0.717) is 12.8 Å². The van der Waals surface area contributed by atoms with Crippen LogP contribution in [0, 0.1) is 0 Å². The Morgan fingerprint density at radius 3 is 0.924 bits per heavy atom. The van der Waals surface area contributed by atoms with Crippen molar-refractivity contribution in [2.45, 2.75) is 328 Å². The van der Waals surface area contributed by atoms with E-state index in [1.165, 1.54) is 244 Å². The first-order chi connectivity index (χ1) is 32.6. The minimum atomic E-state index is -0.771. The Labute approximate surface area is 412 Å². The normalized spacial score (nSPS) is 12.3. The maximum absolute atomic E-state index is 12.3. The van der Waals surface area contributed by atoms with Gasteiger partial charge in [-0.3, -0.25) is 9.59 Å². The summed E-state index contributed by atoms with van der Waals surface area (Å²) in [5.74, 6) is -0.586. The van der Waals surface area contributed by atoms with Crippen molar-refractivity contribution in [2.24, 2.45) is 0 Å². The van der Waals surface area contributed by atoms with Crippen molar-refractivity contribution < 1.29 is 24.2 Å². The van der Waals surface area contributed by atoms with Gasteiger partial charge in [0.25, 0.3) is 0 Å². The molecule has 0 aromatic rings. The summed E-state index contributed by atoms with van der Waals surface area (Å²) >= 11 is 0. The van der Waals surface area contributed by atoms with Gasteiger partial charge in [0.15, 0.2) is 6.10 Å². The van der Waals surface area contributed by atoms with Crippen molar-refractivity contribution in [1.82, 2.24) is 0 Å². The lowest BCUT2D eigenvalue weighted by Crippen LogP contribution is -2.28. The van der Waals surface area contributed by atoms with Gasteiger partial charge in [0.2, 0.25) is 0 Å². The van der Waals surface area contributed by atoms with Gasteiger partial charge in [0.05, 0.1) is 6.61 Å². The first-order valence-electron chi connectivity index (χ1n) is 29.5. The Morgan fingerprint density at radius 1 is 0.348 bits per heavy atom. The quantitative estimate of drug-likeness (QED) is 0.0374. The molecular weight excluding hydrogens is 813 g/mol. The highest BCUT2D eigenvalue weighted by molar-refractivity contribution is 5.70. The molecule has 0 spiro atoms. The average molecular weight is 928 g/mol. The van der Waals surface area contributed by atoms with Gasteiger partial charge in [-0.1, -0.05) is 275 Å². The van der Waals surface area contributed by atoms with Crippen molar-refractivity contribution in [3.05, 3.63) is 36.5 Å². The number of carbonyl (C=O) groups excluding carboxylic acids is 2. The van der Waals surface area contributed by atoms with Gasteiger partial charge in [0.1, 0.15) is 6.61 Å². The van der Waals surface area contributed by atoms with Gasteiger partial charge in [-0.2, -0.15) is 0 Å². The Hall–Kier alpha value is -1.88. The molecule has 0 radical (unpaired) electrons. The number of rotatable bonds is 55. The van der Waals surface area contributed by atoms with Crippen LogP contribution in [0.2, 0.25) is 0 Å². The minimum Gasteiger partial charge on any atom is -0.462 e. The van der Waals surface area contributed by atoms with E-state index in [0.717, 1.165) is 51.4 Å². The SMILES string of the molecule is CCCCCC/C=C\CCCCCCCC(=O)OCC(CO)OC(=O)CCCCCCCCCCCCCCCCCCCCCCCCCCCCC/C=C\C/C=C\CCCCCCC. The van der Waals surface area contributed by atoms with Crippen molar-refractivity contribution >= 4 is 11.9 Å². The third-order valence-corrected chi connectivity index (χ3v) is 13.4. The van der Waals surface area contributed by atoms with Gasteiger partial charge in [0, 0.05) is 12.8 Å². The van der Waals surface area contributed by atoms with Crippen LogP contribution in [0.15, 0.2) is 36.5 Å². The summed E-state index contributed by atoms with van der Waals surface area (Å²) in [7, 11) is 0. The first-order valence-corrected chi connectivity index (χ1v) is 29.5. The van der Waals surface area contributed by atoms with E-state index in [1.54, 1.807) is 0 Å². The molecule has 0 heterocycles. The Kier molecular flexibility index (Phi) is 55.8. The fraction of sp³-hybridized carbons (Fsp3) is 0.869. The van der Waals surface area contributed by atoms with Gasteiger partial charge >= 0.3 is 11.9 Å². The van der Waals surface area contributed by atoms with E-state index >= 15 is 0 Å². The summed E-state index contributed by atoms with van der Waals surface area (Å²) in [5, 5.41) is 9.62. The molecule has 0 aromatic carbocycles. The lowest BCUT2D eigenvalue weighted by molar-refractivity contribution is -0.161. The summed E-state index contributed by atoms with van der Waals surface area (Å²) in [4.78, 5) is 24.4. The van der Waals surface area contributed by atoms with Gasteiger partial charge in [-0.05, 0) is 70.6 Å². The average Bonchev–Trinajstić information content (AvgIpc) is 3.32. The van der Waals surface area contributed by atoms with Gasteiger partial charge in [-0.25, -0.2) is 0 Å². The highest BCUT2D eigenvalue weighted by Gasteiger charge is 2.16. The van der Waals surface area contributed by atoms with E-state index in [-0.39, 0.29) is 25.2 Å². The van der Waals surface area contributed by atoms with Crippen molar-refractivity contribution in [3.63, 3.8) is 0 Å². The van der Waals surface area contributed by atoms with Crippen LogP contribution in [0.25, 0.3) is 0 Å². The number of aliphatic hydroxyl groups is 1. The molecule has 388 valence electrons. The van der Waals surface area contributed by atoms with E-state index in [9.17, 15) is 14.7 Å². The largest absolute Gasteiger partial charge is 0.462 e. The van der Waals surface area contributed by atoms with Crippen LogP contribution in [0.5, 0.6) is 0 Å². The predicted octanol–water partition coefficient (Wildman–Crippen LogP) is 19.9. The van der Waals surface area contributed by atoms with Crippen LogP contribution in [-0.2, 0) is 19.1 Å². The lowest BCUT2D eigenvalue weighted by Gasteiger charge is -2.15. The maximum Gasteiger partial charge on any atom is 0.306 e. The second kappa shape index (κ2) is 57.4. The standard InChI is InChI=1S/C61H114O5/c1-3-5-7-9-11-13-15-17-18-19-20-21-22-23-24-25-26-27-28-29-30-31-32-33-34-35-36-37-38-39-40-41-42-44-46-48-50-52-54-56-61(64)66-59(57-62)58-65-60(63)55-53-51-49-47-45-43-16-14-12-10-8-6-4-2/h14-17,19-20,59,62H,3-13,18,21-58H2,1-2H3/b16-14-,17-15-,20-19-. The lowest BCUT2D eigenvalue weighted by atomic mass is 10.0. The molecule has 0 aliphatic heterocycles. The van der Waals surface area contributed by atoms with Crippen molar-refractivity contribution in [3.8, 4) is 0 Å². The molecule has 0 bridgehead atoms. The predicted molar refractivity (Wildman–Crippen MR) is 288 cm³/mol. The second-order valence-electron chi connectivity index (χ2n) is 20.1. The summed E-state index contributed by atoms with van der Waals surface area (Å²) in [5.41, 5.74) is 0. The van der Waals surface area contributed by atoms with E-state index in [4.69, 9.17) is 9.47 Å². The van der Waals surface area contributed by atoms with Crippen LogP contribution >= 0.6 is 0 Å². The molecule has 1 N–H and O–H groups in total. The molecule has 0 rings (SSSR count). The second-order valence-corrected chi connectivity index (χ2v) is 20.1. The fourth-order valence-electron chi connectivity index (χ4n) is 8.94. The minimum absolute atomic E-state index is 0.0654. The zero-order chi connectivity index (χ0) is 47.7. The summed E-state index contributed by atoms with van der Waals surface area (Å²) in [6.07, 6.45) is 74.4. The number of unbranched alkanes of at least 4 members (excludes halogenated alkanes) is 41.